The van der Waals surface area contributed by atoms with E-state index in [2.05, 4.69) is 30.5 Å². The Balaban J connectivity index is 1.48. The molecule has 2 aliphatic rings. The van der Waals surface area contributed by atoms with Gasteiger partial charge in [0.25, 0.3) is 0 Å². The molecule has 182 valence electrons. The highest BCUT2D eigenvalue weighted by atomic mass is 16.6. The molecule has 14 heteroatoms. The third-order valence-corrected chi connectivity index (χ3v) is 6.19. The van der Waals surface area contributed by atoms with Crippen LogP contribution in [0.15, 0.2) is 31.1 Å². The van der Waals surface area contributed by atoms with E-state index in [0.717, 1.165) is 6.42 Å². The van der Waals surface area contributed by atoms with Crippen LogP contribution in [0.5, 0.6) is 0 Å². The predicted octanol–water partition coefficient (Wildman–Crippen LogP) is -0.514. The zero-order chi connectivity index (χ0) is 23.9. The van der Waals surface area contributed by atoms with Crippen molar-refractivity contribution in [3.8, 4) is 22.8 Å². The molecule has 5 atom stereocenters. The number of nitrogens with one attached hydrogen (secondary N) is 2. The zero-order valence-corrected chi connectivity index (χ0v) is 18.4. The first-order chi connectivity index (χ1) is 17.1. The molecule has 4 aromatic heterocycles. The Morgan fingerprint density at radius 1 is 1.14 bits per heavy atom. The normalized spacial score (nSPS) is 26.5. The third-order valence-electron chi connectivity index (χ3n) is 6.19. The minimum absolute atomic E-state index is 0.0428. The van der Waals surface area contributed by atoms with E-state index >= 15 is 0 Å². The van der Waals surface area contributed by atoms with Gasteiger partial charge in [-0.05, 0) is 6.42 Å². The van der Waals surface area contributed by atoms with Gasteiger partial charge in [0, 0.05) is 19.0 Å². The molecule has 2 fully saturated rings. The summed E-state index contributed by atoms with van der Waals surface area (Å²) in [6.45, 7) is 0.740. The maximum Gasteiger partial charge on any atom is 0.182 e. The molecule has 35 heavy (non-hydrogen) atoms. The number of ether oxygens (including phenoxy) is 2. The Labute approximate surface area is 198 Å². The molecule has 6 heterocycles. The molecule has 0 aliphatic carbocycles. The standard InChI is InChI=1S/C21H23N9O5/c31-7-13-16(32)17(33)21(35-13)30-9-24-15-19(26-10-1-4-34-8-10)27-18(28-20(15)30)14-11(5-25-29-14)12-6-22-2-3-23-12/h2-3,5-6,9-10,13,16-17,21,31-33H,1,4,7-8H2,(H,25,29)(H,26,27,28)/t10-,13?,16?,17?,21?/m1/s1. The van der Waals surface area contributed by atoms with Crippen LogP contribution in [-0.2, 0) is 9.47 Å². The highest BCUT2D eigenvalue weighted by Gasteiger charge is 2.44. The highest BCUT2D eigenvalue weighted by Crippen LogP contribution is 2.34. The van der Waals surface area contributed by atoms with Gasteiger partial charge in [-0.1, -0.05) is 0 Å². The summed E-state index contributed by atoms with van der Waals surface area (Å²) in [5.74, 6) is 0.788. The van der Waals surface area contributed by atoms with E-state index in [-0.39, 0.29) is 6.04 Å². The molecule has 4 aromatic rings. The summed E-state index contributed by atoms with van der Waals surface area (Å²) in [5.41, 5.74) is 2.60. The number of anilines is 1. The zero-order valence-electron chi connectivity index (χ0n) is 18.4. The number of aliphatic hydroxyl groups is 3. The average molecular weight is 481 g/mol. The van der Waals surface area contributed by atoms with Crippen LogP contribution in [0.25, 0.3) is 33.9 Å². The van der Waals surface area contributed by atoms with Crippen molar-refractivity contribution in [2.45, 2.75) is 37.0 Å². The Morgan fingerprint density at radius 3 is 2.80 bits per heavy atom. The number of hydrogen-bond acceptors (Lipinski definition) is 12. The topological polar surface area (TPSA) is 189 Å². The first-order valence-electron chi connectivity index (χ1n) is 11.2. The Hall–Kier alpha value is -3.56. The van der Waals surface area contributed by atoms with Crippen molar-refractivity contribution >= 4 is 17.0 Å². The molecule has 6 rings (SSSR count). The number of aromatic nitrogens is 8. The number of rotatable bonds is 6. The minimum Gasteiger partial charge on any atom is -0.394 e. The van der Waals surface area contributed by atoms with E-state index in [1.54, 1.807) is 24.8 Å². The number of hydrogen-bond donors (Lipinski definition) is 5. The van der Waals surface area contributed by atoms with Gasteiger partial charge in [-0.25, -0.2) is 15.0 Å². The van der Waals surface area contributed by atoms with Gasteiger partial charge in [0.1, 0.15) is 24.0 Å². The second-order valence-corrected chi connectivity index (χ2v) is 8.40. The molecule has 0 saturated carbocycles. The Kier molecular flexibility index (Phi) is 5.58. The molecular weight excluding hydrogens is 458 g/mol. The van der Waals surface area contributed by atoms with Crippen molar-refractivity contribution < 1.29 is 24.8 Å². The average Bonchev–Trinajstić information content (AvgIpc) is 3.68. The van der Waals surface area contributed by atoms with Crippen molar-refractivity contribution in [1.29, 1.82) is 0 Å². The Morgan fingerprint density at radius 2 is 2.06 bits per heavy atom. The fourth-order valence-electron chi connectivity index (χ4n) is 4.36. The third kappa shape index (κ3) is 3.81. The first-order valence-corrected chi connectivity index (χ1v) is 11.2. The number of fused-ring (bicyclic) bond motifs is 1. The summed E-state index contributed by atoms with van der Waals surface area (Å²) in [6, 6.07) is 0.0428. The SMILES string of the molecule is OCC1OC(n2cnc3c(N[C@@H]4CCOC4)nc(-c4[nH]ncc4-c4cnccn4)nc32)C(O)C1O. The maximum atomic E-state index is 10.6. The molecule has 4 unspecified atom stereocenters. The number of H-pyrrole nitrogens is 1. The van der Waals surface area contributed by atoms with Crippen LogP contribution >= 0.6 is 0 Å². The van der Waals surface area contributed by atoms with Crippen LogP contribution in [-0.4, -0.2) is 99.2 Å². The van der Waals surface area contributed by atoms with Crippen molar-refractivity contribution in [2.24, 2.45) is 0 Å². The molecular formula is C21H23N9O5. The van der Waals surface area contributed by atoms with E-state index in [9.17, 15) is 15.3 Å². The first kappa shape index (κ1) is 21.9. The van der Waals surface area contributed by atoms with Crippen LogP contribution in [0.3, 0.4) is 0 Å². The molecule has 5 N–H and O–H groups in total. The van der Waals surface area contributed by atoms with E-state index in [1.807, 2.05) is 0 Å². The van der Waals surface area contributed by atoms with Crippen molar-refractivity contribution in [3.63, 3.8) is 0 Å². The summed E-state index contributed by atoms with van der Waals surface area (Å²) in [6.07, 6.45) is 4.20. The van der Waals surface area contributed by atoms with Crippen LogP contribution in [0, 0.1) is 0 Å². The fourth-order valence-corrected chi connectivity index (χ4v) is 4.36. The largest absolute Gasteiger partial charge is 0.394 e. The predicted molar refractivity (Wildman–Crippen MR) is 120 cm³/mol. The van der Waals surface area contributed by atoms with Gasteiger partial charge in [-0.15, -0.1) is 0 Å². The van der Waals surface area contributed by atoms with Crippen LogP contribution < -0.4 is 5.32 Å². The van der Waals surface area contributed by atoms with Gasteiger partial charge in [-0.3, -0.25) is 19.6 Å². The van der Waals surface area contributed by atoms with E-state index in [0.29, 0.717) is 53.0 Å². The summed E-state index contributed by atoms with van der Waals surface area (Å²) in [7, 11) is 0. The number of imidazole rings is 1. The summed E-state index contributed by atoms with van der Waals surface area (Å²) >= 11 is 0. The lowest BCUT2D eigenvalue weighted by Crippen LogP contribution is -2.33. The van der Waals surface area contributed by atoms with Gasteiger partial charge in [0.2, 0.25) is 0 Å². The van der Waals surface area contributed by atoms with Gasteiger partial charge >= 0.3 is 0 Å². The number of aliphatic hydroxyl groups excluding tert-OH is 3. The number of aromatic amines is 1. The molecule has 0 bridgehead atoms. The van der Waals surface area contributed by atoms with E-state index < -0.39 is 31.1 Å². The fraction of sp³-hybridized carbons (Fsp3) is 0.429. The molecule has 0 radical (unpaired) electrons. The van der Waals surface area contributed by atoms with Gasteiger partial charge in [0.15, 0.2) is 29.0 Å². The lowest BCUT2D eigenvalue weighted by atomic mass is 10.1. The highest BCUT2D eigenvalue weighted by molar-refractivity contribution is 5.86. The Bertz CT molecular complexity index is 1320. The molecule has 2 saturated heterocycles. The number of nitrogens with zero attached hydrogens (tertiary/aromatic N) is 7. The van der Waals surface area contributed by atoms with Crippen molar-refractivity contribution in [3.05, 3.63) is 31.1 Å². The second kappa shape index (κ2) is 8.90. The minimum atomic E-state index is -1.29. The molecule has 14 nitrogen and oxygen atoms in total. The van der Waals surface area contributed by atoms with Crippen LogP contribution in [0.4, 0.5) is 5.82 Å². The second-order valence-electron chi connectivity index (χ2n) is 8.40. The lowest BCUT2D eigenvalue weighted by Gasteiger charge is -2.17. The van der Waals surface area contributed by atoms with Gasteiger partial charge in [0.05, 0.1) is 49.2 Å². The quantitative estimate of drug-likeness (QED) is 0.237. The van der Waals surface area contributed by atoms with E-state index in [1.165, 1.54) is 10.9 Å². The molecule has 0 aromatic carbocycles. The van der Waals surface area contributed by atoms with Gasteiger partial charge < -0.3 is 30.1 Å². The van der Waals surface area contributed by atoms with E-state index in [4.69, 9.17) is 19.4 Å². The van der Waals surface area contributed by atoms with Crippen LogP contribution in [0.1, 0.15) is 12.6 Å². The summed E-state index contributed by atoms with van der Waals surface area (Å²) in [5, 5.41) is 40.8. The lowest BCUT2D eigenvalue weighted by molar-refractivity contribution is -0.0511. The maximum absolute atomic E-state index is 10.6. The monoisotopic (exact) mass is 481 g/mol. The van der Waals surface area contributed by atoms with Crippen LogP contribution in [0.2, 0.25) is 0 Å². The molecule has 0 spiro atoms. The molecule has 0 amide bonds. The van der Waals surface area contributed by atoms with Gasteiger partial charge in [-0.2, -0.15) is 5.10 Å². The summed E-state index contributed by atoms with van der Waals surface area (Å²) in [4.78, 5) is 22.4. The molecule has 2 aliphatic heterocycles. The van der Waals surface area contributed by atoms with Crippen molar-refractivity contribution in [1.82, 2.24) is 39.7 Å². The smallest absolute Gasteiger partial charge is 0.182 e. The van der Waals surface area contributed by atoms with Crippen molar-refractivity contribution in [2.75, 3.05) is 25.1 Å². The summed E-state index contributed by atoms with van der Waals surface area (Å²) < 4.78 is 12.7.